The van der Waals surface area contributed by atoms with Crippen LogP contribution < -0.4 is 0 Å². The molecule has 0 aliphatic carbocycles. The highest BCUT2D eigenvalue weighted by Crippen LogP contribution is 2.33. The van der Waals surface area contributed by atoms with Crippen molar-refractivity contribution < 1.29 is 14.6 Å². The van der Waals surface area contributed by atoms with Crippen LogP contribution in [0.3, 0.4) is 0 Å². The van der Waals surface area contributed by atoms with Gasteiger partial charge in [0.15, 0.2) is 6.29 Å². The normalized spacial score (nSPS) is 34.3. The molecule has 0 spiro atoms. The van der Waals surface area contributed by atoms with Gasteiger partial charge in [-0.25, -0.2) is 0 Å². The molecule has 1 heterocycles. The molecule has 0 saturated carbocycles. The standard InChI is InChI=1S/C10H16O3/c1-4-13-9(11)10(3)7-12-6-5-8(10)2/h8-9,11H,4,7H2,1-3H3/t8-,9-,10?/m1/s1. The Morgan fingerprint density at radius 3 is 3.00 bits per heavy atom. The van der Waals surface area contributed by atoms with E-state index in [1.807, 2.05) is 20.8 Å². The lowest BCUT2D eigenvalue weighted by Gasteiger charge is -2.37. The van der Waals surface area contributed by atoms with E-state index < -0.39 is 11.7 Å². The van der Waals surface area contributed by atoms with E-state index in [0.29, 0.717) is 13.2 Å². The second kappa shape index (κ2) is 3.99. The predicted octanol–water partition coefficient (Wildman–Crippen LogP) is 0.975. The van der Waals surface area contributed by atoms with E-state index in [4.69, 9.17) is 9.47 Å². The first-order valence-corrected chi connectivity index (χ1v) is 4.53. The molecular formula is C10H16O3. The van der Waals surface area contributed by atoms with Gasteiger partial charge in [-0.2, -0.15) is 0 Å². The molecule has 3 atom stereocenters. The van der Waals surface area contributed by atoms with Crippen molar-refractivity contribution in [2.75, 3.05) is 13.2 Å². The highest BCUT2D eigenvalue weighted by molar-refractivity contribution is 5.07. The van der Waals surface area contributed by atoms with Crippen LogP contribution in [0.15, 0.2) is 0 Å². The van der Waals surface area contributed by atoms with E-state index in [9.17, 15) is 5.11 Å². The minimum atomic E-state index is -0.804. The highest BCUT2D eigenvalue weighted by atomic mass is 16.6. The Bertz CT molecular complexity index is 228. The maximum absolute atomic E-state index is 9.73. The molecule has 1 unspecified atom stereocenters. The van der Waals surface area contributed by atoms with Crippen molar-refractivity contribution in [2.45, 2.75) is 27.1 Å². The highest BCUT2D eigenvalue weighted by Gasteiger charge is 2.41. The molecule has 1 aliphatic heterocycles. The first kappa shape index (κ1) is 10.4. The molecule has 3 heteroatoms. The number of aliphatic hydroxyl groups is 1. The van der Waals surface area contributed by atoms with Crippen LogP contribution in [0.25, 0.3) is 0 Å². The van der Waals surface area contributed by atoms with Crippen LogP contribution in [0.4, 0.5) is 0 Å². The van der Waals surface area contributed by atoms with Gasteiger partial charge in [0.1, 0.15) is 12.7 Å². The van der Waals surface area contributed by atoms with Gasteiger partial charge in [0, 0.05) is 12.5 Å². The van der Waals surface area contributed by atoms with Crippen molar-refractivity contribution in [3.8, 4) is 12.0 Å². The lowest BCUT2D eigenvalue weighted by Crippen LogP contribution is -2.44. The molecule has 0 aromatic heterocycles. The Kier molecular flexibility index (Phi) is 3.18. The zero-order valence-corrected chi connectivity index (χ0v) is 8.33. The third-order valence-corrected chi connectivity index (χ3v) is 2.61. The molecule has 0 fully saturated rings. The summed E-state index contributed by atoms with van der Waals surface area (Å²) in [5.74, 6) is 2.99. The van der Waals surface area contributed by atoms with Crippen molar-refractivity contribution in [3.05, 3.63) is 0 Å². The average molecular weight is 184 g/mol. The van der Waals surface area contributed by atoms with Gasteiger partial charge in [-0.1, -0.05) is 19.8 Å². The topological polar surface area (TPSA) is 38.7 Å². The molecule has 13 heavy (non-hydrogen) atoms. The Morgan fingerprint density at radius 2 is 2.46 bits per heavy atom. The van der Waals surface area contributed by atoms with Crippen LogP contribution in [-0.2, 0) is 9.47 Å². The molecule has 0 bridgehead atoms. The molecular weight excluding hydrogens is 168 g/mol. The zero-order chi connectivity index (χ0) is 9.90. The van der Waals surface area contributed by atoms with Crippen LogP contribution in [0.1, 0.15) is 20.8 Å². The molecule has 0 saturated heterocycles. The molecule has 74 valence electrons. The fourth-order valence-electron chi connectivity index (χ4n) is 1.24. The quantitative estimate of drug-likeness (QED) is 0.525. The summed E-state index contributed by atoms with van der Waals surface area (Å²) in [6, 6.07) is 0. The van der Waals surface area contributed by atoms with Gasteiger partial charge in [-0.3, -0.25) is 0 Å². The Balaban J connectivity index is 2.70. The number of rotatable bonds is 3. The molecule has 1 N–H and O–H groups in total. The van der Waals surface area contributed by atoms with Crippen molar-refractivity contribution in [1.82, 2.24) is 0 Å². The summed E-state index contributed by atoms with van der Waals surface area (Å²) in [7, 11) is 0. The molecule has 1 rings (SSSR count). The molecule has 0 radical (unpaired) electrons. The monoisotopic (exact) mass is 184 g/mol. The number of hydrogen-bond acceptors (Lipinski definition) is 3. The van der Waals surface area contributed by atoms with Gasteiger partial charge in [0.05, 0.1) is 5.41 Å². The largest absolute Gasteiger partial charge is 0.446 e. The van der Waals surface area contributed by atoms with Gasteiger partial charge >= 0.3 is 0 Å². The van der Waals surface area contributed by atoms with Crippen molar-refractivity contribution in [2.24, 2.45) is 11.3 Å². The summed E-state index contributed by atoms with van der Waals surface area (Å²) in [6.07, 6.45) is 1.77. The number of aliphatic hydroxyl groups excluding tert-OH is 1. The maximum Gasteiger partial charge on any atom is 0.164 e. The summed E-state index contributed by atoms with van der Waals surface area (Å²) in [4.78, 5) is 0. The number of ether oxygens (including phenoxy) is 2. The molecule has 0 amide bonds. The van der Waals surface area contributed by atoms with E-state index >= 15 is 0 Å². The number of hydrogen-bond donors (Lipinski definition) is 1. The van der Waals surface area contributed by atoms with Gasteiger partial charge in [-0.05, 0) is 6.92 Å². The lowest BCUT2D eigenvalue weighted by molar-refractivity contribution is -0.191. The second-order valence-corrected chi connectivity index (χ2v) is 3.57. The van der Waals surface area contributed by atoms with Gasteiger partial charge < -0.3 is 14.6 Å². The Morgan fingerprint density at radius 1 is 1.77 bits per heavy atom. The van der Waals surface area contributed by atoms with Crippen LogP contribution in [-0.4, -0.2) is 24.6 Å². The summed E-state index contributed by atoms with van der Waals surface area (Å²) in [6.45, 7) is 6.66. The van der Waals surface area contributed by atoms with Crippen LogP contribution in [0, 0.1) is 23.4 Å². The van der Waals surface area contributed by atoms with Crippen LogP contribution in [0.2, 0.25) is 0 Å². The average Bonchev–Trinajstić information content (AvgIpc) is 2.11. The van der Waals surface area contributed by atoms with Crippen LogP contribution in [0.5, 0.6) is 0 Å². The smallest absolute Gasteiger partial charge is 0.164 e. The SMILES string of the molecule is CCO[C@@H](O)C1(C)COC#C[C@H]1C. The zero-order valence-electron chi connectivity index (χ0n) is 8.33. The summed E-state index contributed by atoms with van der Waals surface area (Å²) < 4.78 is 10.2. The predicted molar refractivity (Wildman–Crippen MR) is 48.6 cm³/mol. The third-order valence-electron chi connectivity index (χ3n) is 2.61. The van der Waals surface area contributed by atoms with Crippen molar-refractivity contribution in [1.29, 1.82) is 0 Å². The van der Waals surface area contributed by atoms with Gasteiger partial charge in [0.25, 0.3) is 0 Å². The van der Waals surface area contributed by atoms with Crippen LogP contribution >= 0.6 is 0 Å². The van der Waals surface area contributed by atoms with Crippen molar-refractivity contribution >= 4 is 0 Å². The molecule has 1 aliphatic rings. The molecule has 0 aromatic carbocycles. The fourth-order valence-corrected chi connectivity index (χ4v) is 1.24. The Hall–Kier alpha value is -0.720. The summed E-state index contributed by atoms with van der Waals surface area (Å²) in [5.41, 5.74) is -0.415. The molecule has 3 nitrogen and oxygen atoms in total. The van der Waals surface area contributed by atoms with E-state index in [1.165, 1.54) is 0 Å². The summed E-state index contributed by atoms with van der Waals surface area (Å²) in [5, 5.41) is 9.73. The molecule has 0 aromatic rings. The summed E-state index contributed by atoms with van der Waals surface area (Å²) >= 11 is 0. The fraction of sp³-hybridized carbons (Fsp3) is 0.800. The lowest BCUT2D eigenvalue weighted by atomic mass is 9.77. The van der Waals surface area contributed by atoms with E-state index in [-0.39, 0.29) is 5.92 Å². The first-order chi connectivity index (χ1) is 6.11. The Labute approximate surface area is 79.0 Å². The van der Waals surface area contributed by atoms with E-state index in [1.54, 1.807) is 0 Å². The first-order valence-electron chi connectivity index (χ1n) is 4.53. The van der Waals surface area contributed by atoms with Gasteiger partial charge in [-0.15, -0.1) is 0 Å². The minimum Gasteiger partial charge on any atom is -0.446 e. The van der Waals surface area contributed by atoms with E-state index in [0.717, 1.165) is 0 Å². The maximum atomic E-state index is 9.73. The minimum absolute atomic E-state index is 0.0859. The third kappa shape index (κ3) is 1.96. The van der Waals surface area contributed by atoms with E-state index in [2.05, 4.69) is 12.0 Å². The second-order valence-electron chi connectivity index (χ2n) is 3.57. The van der Waals surface area contributed by atoms with Gasteiger partial charge in [0.2, 0.25) is 0 Å². The van der Waals surface area contributed by atoms with Crippen molar-refractivity contribution in [3.63, 3.8) is 0 Å².